The van der Waals surface area contributed by atoms with E-state index in [0.29, 0.717) is 15.7 Å². The summed E-state index contributed by atoms with van der Waals surface area (Å²) in [5, 5.41) is 7.59. The summed E-state index contributed by atoms with van der Waals surface area (Å²) in [5.74, 6) is 0.505. The third-order valence-corrected chi connectivity index (χ3v) is 4.69. The van der Waals surface area contributed by atoms with Gasteiger partial charge in [-0.15, -0.1) is 5.10 Å². The molecular weight excluding hydrogens is 346 g/mol. The van der Waals surface area contributed by atoms with Crippen molar-refractivity contribution in [2.24, 2.45) is 0 Å². The predicted octanol–water partition coefficient (Wildman–Crippen LogP) is 3.42. The number of aromatic nitrogens is 4. The largest absolute Gasteiger partial charge is 0.368 e. The normalized spacial score (nSPS) is 11.0. The average Bonchev–Trinajstić information content (AvgIpc) is 3.08. The first-order chi connectivity index (χ1) is 11.5. The lowest BCUT2D eigenvalue weighted by molar-refractivity contribution is 0.102. The van der Waals surface area contributed by atoms with Gasteiger partial charge in [0, 0.05) is 27.7 Å². The molecular formula is C16H16ClN5OS. The van der Waals surface area contributed by atoms with E-state index in [1.54, 1.807) is 0 Å². The van der Waals surface area contributed by atoms with Crippen molar-refractivity contribution in [3.63, 3.8) is 0 Å². The lowest BCUT2D eigenvalue weighted by atomic mass is 10.2. The van der Waals surface area contributed by atoms with Crippen molar-refractivity contribution in [1.29, 1.82) is 0 Å². The van der Waals surface area contributed by atoms with E-state index in [1.165, 1.54) is 11.8 Å². The molecule has 0 radical (unpaired) electrons. The van der Waals surface area contributed by atoms with E-state index in [4.69, 9.17) is 17.3 Å². The standard InChI is InChI=1S/C16H16ClN5OS/c1-9-6-13(14(23)8-24-16-19-15(18)20-21-16)10(2)22(9)12-5-3-4-11(17)7-12/h3-7H,8H2,1-2H3,(H3,18,19,20,21). The maximum Gasteiger partial charge on any atom is 0.216 e. The number of Topliss-reactive ketones (excluding diaryl/α,β-unsaturated/α-hetero) is 1. The Morgan fingerprint density at radius 2 is 2.17 bits per heavy atom. The van der Waals surface area contributed by atoms with Crippen molar-refractivity contribution in [2.75, 3.05) is 11.5 Å². The molecule has 3 N–H and O–H groups in total. The van der Waals surface area contributed by atoms with Crippen molar-refractivity contribution < 1.29 is 4.79 Å². The van der Waals surface area contributed by atoms with E-state index in [9.17, 15) is 4.79 Å². The number of nitrogen functional groups attached to an aromatic ring is 1. The van der Waals surface area contributed by atoms with Crippen LogP contribution in [0.15, 0.2) is 35.5 Å². The molecule has 2 heterocycles. The molecule has 6 nitrogen and oxygen atoms in total. The highest BCUT2D eigenvalue weighted by Gasteiger charge is 2.17. The number of aryl methyl sites for hydroxylation is 1. The minimum absolute atomic E-state index is 0.0183. The second-order valence-corrected chi connectivity index (χ2v) is 6.69. The first-order valence-corrected chi connectivity index (χ1v) is 8.61. The van der Waals surface area contributed by atoms with Crippen LogP contribution in [0.25, 0.3) is 5.69 Å². The predicted molar refractivity (Wildman–Crippen MR) is 96.1 cm³/mol. The minimum atomic E-state index is 0.0183. The van der Waals surface area contributed by atoms with Gasteiger partial charge in [-0.1, -0.05) is 29.4 Å². The molecule has 0 atom stereocenters. The molecule has 24 heavy (non-hydrogen) atoms. The van der Waals surface area contributed by atoms with Gasteiger partial charge < -0.3 is 10.3 Å². The Labute approximate surface area is 148 Å². The molecule has 3 aromatic rings. The molecule has 0 aliphatic heterocycles. The average molecular weight is 362 g/mol. The van der Waals surface area contributed by atoms with Gasteiger partial charge in [0.25, 0.3) is 0 Å². The number of hydrogen-bond acceptors (Lipinski definition) is 5. The Morgan fingerprint density at radius 1 is 1.38 bits per heavy atom. The summed E-state index contributed by atoms with van der Waals surface area (Å²) in [6.45, 7) is 3.89. The van der Waals surface area contributed by atoms with Crippen molar-refractivity contribution in [3.05, 3.63) is 52.3 Å². The smallest absolute Gasteiger partial charge is 0.216 e. The van der Waals surface area contributed by atoms with Gasteiger partial charge in [0.05, 0.1) is 5.75 Å². The molecule has 0 bridgehead atoms. The lowest BCUT2D eigenvalue weighted by Gasteiger charge is -2.10. The molecule has 0 amide bonds. The third kappa shape index (κ3) is 3.32. The number of anilines is 1. The zero-order chi connectivity index (χ0) is 17.3. The zero-order valence-corrected chi connectivity index (χ0v) is 14.8. The SMILES string of the molecule is Cc1cc(C(=O)CSc2n[nH]c(N)n2)c(C)n1-c1cccc(Cl)c1. The van der Waals surface area contributed by atoms with Crippen LogP contribution in [0.2, 0.25) is 5.02 Å². The lowest BCUT2D eigenvalue weighted by Crippen LogP contribution is -2.05. The van der Waals surface area contributed by atoms with Gasteiger partial charge in [0.2, 0.25) is 11.1 Å². The highest BCUT2D eigenvalue weighted by Crippen LogP contribution is 2.24. The summed E-state index contributed by atoms with van der Waals surface area (Å²) >= 11 is 7.33. The summed E-state index contributed by atoms with van der Waals surface area (Å²) in [4.78, 5) is 16.5. The second-order valence-electron chi connectivity index (χ2n) is 5.32. The maximum atomic E-state index is 12.6. The van der Waals surface area contributed by atoms with Crippen LogP contribution in [0.5, 0.6) is 0 Å². The highest BCUT2D eigenvalue weighted by molar-refractivity contribution is 7.99. The monoisotopic (exact) mass is 361 g/mol. The van der Waals surface area contributed by atoms with Gasteiger partial charge in [0.1, 0.15) is 0 Å². The molecule has 0 aliphatic carbocycles. The Morgan fingerprint density at radius 3 is 2.83 bits per heavy atom. The number of H-pyrrole nitrogens is 1. The fourth-order valence-electron chi connectivity index (χ4n) is 2.59. The van der Waals surface area contributed by atoms with E-state index >= 15 is 0 Å². The van der Waals surface area contributed by atoms with E-state index < -0.39 is 0 Å². The third-order valence-electron chi connectivity index (χ3n) is 3.61. The quantitative estimate of drug-likeness (QED) is 0.536. The van der Waals surface area contributed by atoms with Crippen molar-refractivity contribution >= 4 is 35.1 Å². The number of benzene rings is 1. The van der Waals surface area contributed by atoms with Gasteiger partial charge in [-0.2, -0.15) is 4.98 Å². The van der Waals surface area contributed by atoms with Crippen molar-refractivity contribution in [3.8, 4) is 5.69 Å². The van der Waals surface area contributed by atoms with Crippen molar-refractivity contribution in [1.82, 2.24) is 19.7 Å². The number of ketones is 1. The van der Waals surface area contributed by atoms with Crippen LogP contribution in [0.4, 0.5) is 5.95 Å². The number of rotatable bonds is 5. The first-order valence-electron chi connectivity index (χ1n) is 7.24. The van der Waals surface area contributed by atoms with Gasteiger partial charge in [-0.3, -0.25) is 4.79 Å². The molecule has 1 aromatic carbocycles. The zero-order valence-electron chi connectivity index (χ0n) is 13.2. The number of carbonyl (C=O) groups excluding carboxylic acids is 1. The van der Waals surface area contributed by atoms with Crippen LogP contribution in [-0.4, -0.2) is 31.3 Å². The second kappa shape index (κ2) is 6.70. The first kappa shape index (κ1) is 16.6. The Hall–Kier alpha value is -2.25. The molecule has 2 aromatic heterocycles. The minimum Gasteiger partial charge on any atom is -0.368 e. The summed E-state index contributed by atoms with van der Waals surface area (Å²) in [6.07, 6.45) is 0. The van der Waals surface area contributed by atoms with Crippen LogP contribution >= 0.6 is 23.4 Å². The Kier molecular flexibility index (Phi) is 4.64. The van der Waals surface area contributed by atoms with E-state index in [-0.39, 0.29) is 17.5 Å². The molecule has 3 rings (SSSR count). The molecule has 0 fully saturated rings. The van der Waals surface area contributed by atoms with Crippen LogP contribution < -0.4 is 5.73 Å². The molecule has 0 saturated heterocycles. The molecule has 0 unspecified atom stereocenters. The van der Waals surface area contributed by atoms with E-state index in [2.05, 4.69) is 15.2 Å². The topological polar surface area (TPSA) is 89.6 Å². The van der Waals surface area contributed by atoms with Crippen LogP contribution in [0.1, 0.15) is 21.7 Å². The van der Waals surface area contributed by atoms with Crippen LogP contribution in [0, 0.1) is 13.8 Å². The highest BCUT2D eigenvalue weighted by atomic mass is 35.5. The number of nitrogens with one attached hydrogen (secondary N) is 1. The van der Waals surface area contributed by atoms with Gasteiger partial charge in [-0.05, 0) is 38.1 Å². The number of halogens is 1. The maximum absolute atomic E-state index is 12.6. The number of hydrogen-bond donors (Lipinski definition) is 2. The molecule has 0 aliphatic rings. The van der Waals surface area contributed by atoms with Crippen LogP contribution in [0.3, 0.4) is 0 Å². The van der Waals surface area contributed by atoms with Gasteiger partial charge in [0.15, 0.2) is 5.78 Å². The van der Waals surface area contributed by atoms with E-state index in [0.717, 1.165) is 17.1 Å². The van der Waals surface area contributed by atoms with Crippen molar-refractivity contribution in [2.45, 2.75) is 19.0 Å². The number of aromatic amines is 1. The van der Waals surface area contributed by atoms with E-state index in [1.807, 2.05) is 48.7 Å². The summed E-state index contributed by atoms with van der Waals surface area (Å²) in [7, 11) is 0. The van der Waals surface area contributed by atoms with Gasteiger partial charge >= 0.3 is 0 Å². The number of nitrogens with zero attached hydrogens (tertiary/aromatic N) is 3. The molecule has 8 heteroatoms. The molecule has 0 spiro atoms. The van der Waals surface area contributed by atoms with Crippen LogP contribution in [-0.2, 0) is 0 Å². The fraction of sp³-hybridized carbons (Fsp3) is 0.188. The molecule has 124 valence electrons. The summed E-state index contributed by atoms with van der Waals surface area (Å²) < 4.78 is 2.02. The molecule has 0 saturated carbocycles. The number of nitrogens with two attached hydrogens (primary N) is 1. The summed E-state index contributed by atoms with van der Waals surface area (Å²) in [5.41, 5.74) is 8.96. The Bertz CT molecular complexity index is 902. The van der Waals surface area contributed by atoms with Gasteiger partial charge in [-0.25, -0.2) is 5.10 Å². The fourth-order valence-corrected chi connectivity index (χ4v) is 3.46. The number of carbonyl (C=O) groups is 1. The summed E-state index contributed by atoms with van der Waals surface area (Å²) in [6, 6.07) is 9.45. The Balaban J connectivity index is 1.84. The number of thioether (sulfide) groups is 1.